The van der Waals surface area contributed by atoms with E-state index in [2.05, 4.69) is 5.32 Å². The molecule has 17 heavy (non-hydrogen) atoms. The van der Waals surface area contributed by atoms with E-state index in [0.717, 1.165) is 11.3 Å². The molecule has 0 bridgehead atoms. The number of phenols is 1. The lowest BCUT2D eigenvalue weighted by Gasteiger charge is -2.08. The summed E-state index contributed by atoms with van der Waals surface area (Å²) in [5, 5.41) is 12.4. The van der Waals surface area contributed by atoms with Crippen molar-refractivity contribution in [3.05, 3.63) is 59.4 Å². The van der Waals surface area contributed by atoms with E-state index < -0.39 is 0 Å². The highest BCUT2D eigenvalue weighted by Crippen LogP contribution is 2.17. The molecule has 0 unspecified atom stereocenters. The Morgan fingerprint density at radius 1 is 1.18 bits per heavy atom. The Hall–Kier alpha value is -2.03. The van der Waals surface area contributed by atoms with Gasteiger partial charge in [0.05, 0.1) is 0 Å². The summed E-state index contributed by atoms with van der Waals surface area (Å²) in [5.41, 5.74) is 2.42. The van der Waals surface area contributed by atoms with Gasteiger partial charge in [0.25, 0.3) is 0 Å². The van der Waals surface area contributed by atoms with Crippen LogP contribution in [-0.4, -0.2) is 5.11 Å². The van der Waals surface area contributed by atoms with Crippen LogP contribution in [0, 0.1) is 12.7 Å². The zero-order chi connectivity index (χ0) is 12.3. The Bertz CT molecular complexity index is 525. The van der Waals surface area contributed by atoms with Crippen molar-refractivity contribution in [2.45, 2.75) is 13.5 Å². The highest BCUT2D eigenvalue weighted by atomic mass is 19.1. The Morgan fingerprint density at radius 3 is 2.76 bits per heavy atom. The summed E-state index contributed by atoms with van der Waals surface area (Å²) in [7, 11) is 0. The first-order chi connectivity index (χ1) is 8.15. The molecule has 2 nitrogen and oxygen atoms in total. The van der Waals surface area contributed by atoms with Gasteiger partial charge in [0.2, 0.25) is 0 Å². The maximum Gasteiger partial charge on any atom is 0.128 e. The smallest absolute Gasteiger partial charge is 0.128 e. The number of hydrogen-bond donors (Lipinski definition) is 2. The number of rotatable bonds is 3. The minimum Gasteiger partial charge on any atom is -0.508 e. The van der Waals surface area contributed by atoms with E-state index in [4.69, 9.17) is 0 Å². The van der Waals surface area contributed by atoms with E-state index in [1.807, 2.05) is 19.1 Å². The Kier molecular flexibility index (Phi) is 3.28. The highest BCUT2D eigenvalue weighted by molar-refractivity contribution is 5.48. The second-order valence-corrected chi connectivity index (χ2v) is 4.00. The topological polar surface area (TPSA) is 32.3 Å². The highest BCUT2D eigenvalue weighted by Gasteiger charge is 2.02. The lowest BCUT2D eigenvalue weighted by molar-refractivity contribution is 0.475. The van der Waals surface area contributed by atoms with E-state index in [0.29, 0.717) is 12.1 Å². The average Bonchev–Trinajstić information content (AvgIpc) is 2.30. The summed E-state index contributed by atoms with van der Waals surface area (Å²) in [6.07, 6.45) is 0. The number of halogens is 1. The molecule has 2 rings (SSSR count). The number of hydrogen-bond acceptors (Lipinski definition) is 2. The number of nitrogens with one attached hydrogen (secondary N) is 1. The average molecular weight is 231 g/mol. The molecule has 0 spiro atoms. The molecule has 0 radical (unpaired) electrons. The number of aromatic hydroxyl groups is 1. The first-order valence-electron chi connectivity index (χ1n) is 5.43. The van der Waals surface area contributed by atoms with E-state index in [1.165, 1.54) is 6.07 Å². The van der Waals surface area contributed by atoms with Crippen molar-refractivity contribution in [2.75, 3.05) is 5.32 Å². The summed E-state index contributed by atoms with van der Waals surface area (Å²) in [6.45, 7) is 2.33. The molecule has 0 aromatic heterocycles. The quantitative estimate of drug-likeness (QED) is 0.848. The zero-order valence-electron chi connectivity index (χ0n) is 9.57. The zero-order valence-corrected chi connectivity index (χ0v) is 9.57. The van der Waals surface area contributed by atoms with Crippen molar-refractivity contribution in [3.8, 4) is 5.75 Å². The third kappa shape index (κ3) is 2.97. The van der Waals surface area contributed by atoms with Gasteiger partial charge in [-0.15, -0.1) is 0 Å². The summed E-state index contributed by atoms with van der Waals surface area (Å²) in [5.74, 6) is -0.0250. The standard InChI is InChI=1S/C14H14FNO/c1-10-5-6-14(15)11(7-10)9-16-12-3-2-4-13(17)8-12/h2-8,16-17H,9H2,1H3. The summed E-state index contributed by atoms with van der Waals surface area (Å²) >= 11 is 0. The lowest BCUT2D eigenvalue weighted by atomic mass is 10.1. The number of aryl methyl sites for hydroxylation is 1. The predicted octanol–water partition coefficient (Wildman–Crippen LogP) is 3.45. The molecule has 2 N–H and O–H groups in total. The molecular weight excluding hydrogens is 217 g/mol. The van der Waals surface area contributed by atoms with Gasteiger partial charge in [-0.25, -0.2) is 4.39 Å². The van der Waals surface area contributed by atoms with Crippen LogP contribution in [0.4, 0.5) is 10.1 Å². The van der Waals surface area contributed by atoms with Gasteiger partial charge in [-0.1, -0.05) is 23.8 Å². The molecule has 0 aliphatic carbocycles. The minimum absolute atomic E-state index is 0.194. The molecule has 0 saturated carbocycles. The first kappa shape index (κ1) is 11.5. The van der Waals surface area contributed by atoms with Crippen molar-refractivity contribution in [2.24, 2.45) is 0 Å². The van der Waals surface area contributed by atoms with Gasteiger partial charge in [0, 0.05) is 23.9 Å². The van der Waals surface area contributed by atoms with Crippen LogP contribution < -0.4 is 5.32 Å². The Labute approximate surface area is 99.7 Å². The third-order valence-electron chi connectivity index (χ3n) is 2.53. The lowest BCUT2D eigenvalue weighted by Crippen LogP contribution is -2.01. The minimum atomic E-state index is -0.219. The molecule has 0 atom stereocenters. The number of anilines is 1. The Balaban J connectivity index is 2.09. The third-order valence-corrected chi connectivity index (χ3v) is 2.53. The van der Waals surface area contributed by atoms with Crippen LogP contribution in [0.15, 0.2) is 42.5 Å². The van der Waals surface area contributed by atoms with Crippen molar-refractivity contribution in [1.29, 1.82) is 0 Å². The van der Waals surface area contributed by atoms with Gasteiger partial charge in [-0.3, -0.25) is 0 Å². The number of phenolic OH excluding ortho intramolecular Hbond substituents is 1. The van der Waals surface area contributed by atoms with E-state index in [1.54, 1.807) is 24.3 Å². The van der Waals surface area contributed by atoms with E-state index in [9.17, 15) is 9.50 Å². The molecule has 3 heteroatoms. The molecule has 2 aromatic carbocycles. The fraction of sp³-hybridized carbons (Fsp3) is 0.143. The van der Waals surface area contributed by atoms with E-state index >= 15 is 0 Å². The van der Waals surface area contributed by atoms with Crippen LogP contribution in [0.2, 0.25) is 0 Å². The van der Waals surface area contributed by atoms with Gasteiger partial charge in [-0.2, -0.15) is 0 Å². The van der Waals surface area contributed by atoms with Crippen molar-refractivity contribution < 1.29 is 9.50 Å². The molecule has 2 aromatic rings. The van der Waals surface area contributed by atoms with Crippen molar-refractivity contribution in [3.63, 3.8) is 0 Å². The van der Waals surface area contributed by atoms with Crippen LogP contribution in [-0.2, 0) is 6.54 Å². The molecule has 0 fully saturated rings. The molecule has 0 heterocycles. The van der Waals surface area contributed by atoms with E-state index in [-0.39, 0.29) is 11.6 Å². The second-order valence-electron chi connectivity index (χ2n) is 4.00. The van der Waals surface area contributed by atoms with Gasteiger partial charge in [0.1, 0.15) is 11.6 Å². The maximum atomic E-state index is 13.5. The SMILES string of the molecule is Cc1ccc(F)c(CNc2cccc(O)c2)c1. The van der Waals surface area contributed by atoms with Crippen LogP contribution in [0.1, 0.15) is 11.1 Å². The van der Waals surface area contributed by atoms with Crippen molar-refractivity contribution in [1.82, 2.24) is 0 Å². The van der Waals surface area contributed by atoms with Gasteiger partial charge in [0.15, 0.2) is 0 Å². The fourth-order valence-corrected chi connectivity index (χ4v) is 1.65. The van der Waals surface area contributed by atoms with Crippen LogP contribution in [0.3, 0.4) is 0 Å². The molecule has 88 valence electrons. The molecule has 0 aliphatic rings. The molecule has 0 saturated heterocycles. The first-order valence-corrected chi connectivity index (χ1v) is 5.43. The van der Waals surface area contributed by atoms with Gasteiger partial charge in [-0.05, 0) is 25.1 Å². The van der Waals surface area contributed by atoms with Crippen molar-refractivity contribution >= 4 is 5.69 Å². The molecular formula is C14H14FNO. The van der Waals surface area contributed by atoms with Crippen LogP contribution >= 0.6 is 0 Å². The van der Waals surface area contributed by atoms with Gasteiger partial charge >= 0.3 is 0 Å². The predicted molar refractivity (Wildman–Crippen MR) is 66.6 cm³/mol. The summed E-state index contributed by atoms with van der Waals surface area (Å²) < 4.78 is 13.5. The van der Waals surface area contributed by atoms with Crippen LogP contribution in [0.25, 0.3) is 0 Å². The maximum absolute atomic E-state index is 13.5. The van der Waals surface area contributed by atoms with Crippen LogP contribution in [0.5, 0.6) is 5.75 Å². The summed E-state index contributed by atoms with van der Waals surface area (Å²) in [6, 6.07) is 11.8. The molecule has 0 amide bonds. The second kappa shape index (κ2) is 4.87. The summed E-state index contributed by atoms with van der Waals surface area (Å²) in [4.78, 5) is 0. The monoisotopic (exact) mass is 231 g/mol. The van der Waals surface area contributed by atoms with Gasteiger partial charge < -0.3 is 10.4 Å². The number of benzene rings is 2. The Morgan fingerprint density at radius 2 is 2.00 bits per heavy atom. The normalized spacial score (nSPS) is 10.2. The molecule has 0 aliphatic heterocycles. The largest absolute Gasteiger partial charge is 0.508 e. The fourth-order valence-electron chi connectivity index (χ4n) is 1.65.